The van der Waals surface area contributed by atoms with Crippen molar-refractivity contribution < 1.29 is 5.21 Å². The molecule has 0 saturated heterocycles. The molecule has 0 atom stereocenters. The van der Waals surface area contributed by atoms with Crippen LogP contribution < -0.4 is 5.56 Å². The van der Waals surface area contributed by atoms with Crippen LogP contribution in [0, 0.1) is 0 Å². The highest BCUT2D eigenvalue weighted by Crippen LogP contribution is 2.34. The molecule has 6 heteroatoms. The molecule has 0 aromatic carbocycles. The highest BCUT2D eigenvalue weighted by molar-refractivity contribution is 7.20. The predicted molar refractivity (Wildman–Crippen MR) is 73.5 cm³/mol. The Morgan fingerprint density at radius 3 is 3.00 bits per heavy atom. The van der Waals surface area contributed by atoms with Gasteiger partial charge in [-0.2, -0.15) is 0 Å². The molecule has 3 heterocycles. The summed E-state index contributed by atoms with van der Waals surface area (Å²) in [4.78, 5) is 19.0. The molecule has 98 valence electrons. The molecule has 19 heavy (non-hydrogen) atoms. The average molecular weight is 275 g/mol. The summed E-state index contributed by atoms with van der Waals surface area (Å²) in [6, 6.07) is 0. The van der Waals surface area contributed by atoms with E-state index >= 15 is 0 Å². The van der Waals surface area contributed by atoms with E-state index in [4.69, 9.17) is 5.21 Å². The molecule has 5 nitrogen and oxygen atoms in total. The number of aromatic nitrogens is 2. The maximum atomic E-state index is 12.6. The van der Waals surface area contributed by atoms with Crippen molar-refractivity contribution in [3.63, 3.8) is 0 Å². The van der Waals surface area contributed by atoms with Crippen LogP contribution in [0.25, 0.3) is 10.2 Å². The van der Waals surface area contributed by atoms with Gasteiger partial charge in [0.05, 0.1) is 16.0 Å². The number of aryl methyl sites for hydroxylation is 2. The topological polar surface area (TPSA) is 67.5 Å². The largest absolute Gasteiger partial charge is 0.411 e. The van der Waals surface area contributed by atoms with Crippen molar-refractivity contribution in [2.45, 2.75) is 38.6 Å². The minimum absolute atomic E-state index is 0.0918. The van der Waals surface area contributed by atoms with Gasteiger partial charge in [0.1, 0.15) is 10.7 Å². The lowest BCUT2D eigenvalue weighted by atomic mass is 9.96. The van der Waals surface area contributed by atoms with Crippen LogP contribution in [-0.4, -0.2) is 20.5 Å². The van der Waals surface area contributed by atoms with Gasteiger partial charge in [-0.25, -0.2) is 4.98 Å². The van der Waals surface area contributed by atoms with Crippen LogP contribution in [0.15, 0.2) is 9.95 Å². The molecule has 4 rings (SSSR count). The van der Waals surface area contributed by atoms with E-state index in [9.17, 15) is 4.79 Å². The van der Waals surface area contributed by atoms with Gasteiger partial charge >= 0.3 is 0 Å². The second kappa shape index (κ2) is 3.90. The third kappa shape index (κ3) is 1.43. The minimum atomic E-state index is 0.0918. The van der Waals surface area contributed by atoms with Gasteiger partial charge in [0.25, 0.3) is 5.56 Å². The highest BCUT2D eigenvalue weighted by atomic mass is 32.1. The van der Waals surface area contributed by atoms with Crippen molar-refractivity contribution in [3.8, 4) is 0 Å². The molecular weight excluding hydrogens is 262 g/mol. The summed E-state index contributed by atoms with van der Waals surface area (Å²) < 4.78 is 1.81. The van der Waals surface area contributed by atoms with Crippen molar-refractivity contribution in [1.29, 1.82) is 0 Å². The Kier molecular flexibility index (Phi) is 2.29. The molecule has 0 bridgehead atoms. The molecule has 1 N–H and O–H groups in total. The van der Waals surface area contributed by atoms with E-state index in [0.29, 0.717) is 5.71 Å². The van der Waals surface area contributed by atoms with Gasteiger partial charge < -0.3 is 5.21 Å². The fourth-order valence-corrected chi connectivity index (χ4v) is 4.36. The molecule has 2 aliphatic rings. The standard InChI is InChI=1S/C13H13N3O2S/c17-13-10-7-3-1-4-8(15-18)11(7)19-12(10)14-9-5-2-6-16(9)13/h18H,1-6H2/b15-8-. The third-order valence-corrected chi connectivity index (χ3v) is 5.17. The van der Waals surface area contributed by atoms with E-state index < -0.39 is 0 Å². The normalized spacial score (nSPS) is 19.9. The van der Waals surface area contributed by atoms with Gasteiger partial charge in [0.15, 0.2) is 0 Å². The lowest BCUT2D eigenvalue weighted by Gasteiger charge is -2.11. The van der Waals surface area contributed by atoms with Crippen molar-refractivity contribution >= 4 is 27.3 Å². The van der Waals surface area contributed by atoms with Crippen LogP contribution in [0.1, 0.15) is 35.5 Å². The van der Waals surface area contributed by atoms with E-state index in [1.54, 1.807) is 4.57 Å². The molecular formula is C13H13N3O2S. The molecule has 2 aromatic rings. The van der Waals surface area contributed by atoms with Gasteiger partial charge in [-0.3, -0.25) is 9.36 Å². The molecule has 2 aromatic heterocycles. The first kappa shape index (κ1) is 11.2. The van der Waals surface area contributed by atoms with Crippen LogP contribution in [0.3, 0.4) is 0 Å². The summed E-state index contributed by atoms with van der Waals surface area (Å²) in [7, 11) is 0. The second-order valence-electron chi connectivity index (χ2n) is 5.08. The van der Waals surface area contributed by atoms with Crippen LogP contribution in [0.5, 0.6) is 0 Å². The Hall–Kier alpha value is -1.69. The Labute approximate surface area is 113 Å². The van der Waals surface area contributed by atoms with Crippen molar-refractivity contribution in [3.05, 3.63) is 26.6 Å². The zero-order valence-corrected chi connectivity index (χ0v) is 11.2. The molecule has 1 aliphatic carbocycles. The lowest BCUT2D eigenvalue weighted by Crippen LogP contribution is -2.21. The van der Waals surface area contributed by atoms with Crippen molar-refractivity contribution in [2.24, 2.45) is 5.16 Å². The number of hydrogen-bond donors (Lipinski definition) is 1. The first-order valence-electron chi connectivity index (χ1n) is 6.56. The van der Waals surface area contributed by atoms with Crippen molar-refractivity contribution in [1.82, 2.24) is 9.55 Å². The quantitative estimate of drug-likeness (QED) is 0.590. The number of thiophene rings is 1. The van der Waals surface area contributed by atoms with Crippen LogP contribution in [0.2, 0.25) is 0 Å². The molecule has 0 unspecified atom stereocenters. The first-order chi connectivity index (χ1) is 9.29. The highest BCUT2D eigenvalue weighted by Gasteiger charge is 2.26. The second-order valence-corrected chi connectivity index (χ2v) is 6.08. The van der Waals surface area contributed by atoms with E-state index in [2.05, 4.69) is 10.1 Å². The Morgan fingerprint density at radius 2 is 2.16 bits per heavy atom. The summed E-state index contributed by atoms with van der Waals surface area (Å²) in [6.07, 6.45) is 4.47. The van der Waals surface area contributed by atoms with E-state index in [1.807, 2.05) is 0 Å². The van der Waals surface area contributed by atoms with Gasteiger partial charge in [0.2, 0.25) is 0 Å². The Balaban J connectivity index is 2.11. The number of oxime groups is 1. The summed E-state index contributed by atoms with van der Waals surface area (Å²) >= 11 is 1.50. The molecule has 0 saturated carbocycles. The lowest BCUT2D eigenvalue weighted by molar-refractivity contribution is 0.317. The minimum Gasteiger partial charge on any atom is -0.411 e. The van der Waals surface area contributed by atoms with E-state index in [0.717, 1.165) is 65.1 Å². The summed E-state index contributed by atoms with van der Waals surface area (Å²) in [5.74, 6) is 0.901. The van der Waals surface area contributed by atoms with Gasteiger partial charge in [-0.1, -0.05) is 5.16 Å². The fraction of sp³-hybridized carbons (Fsp3) is 0.462. The Morgan fingerprint density at radius 1 is 1.26 bits per heavy atom. The molecule has 0 fully saturated rings. The van der Waals surface area contributed by atoms with Gasteiger partial charge in [0, 0.05) is 13.0 Å². The number of hydrogen-bond acceptors (Lipinski definition) is 5. The number of fused-ring (bicyclic) bond motifs is 4. The van der Waals surface area contributed by atoms with Crippen LogP contribution >= 0.6 is 11.3 Å². The summed E-state index contributed by atoms with van der Waals surface area (Å²) in [6.45, 7) is 0.780. The summed E-state index contributed by atoms with van der Waals surface area (Å²) in [5.41, 5.74) is 1.83. The molecule has 1 aliphatic heterocycles. The number of nitrogens with zero attached hydrogens (tertiary/aromatic N) is 3. The molecule has 0 spiro atoms. The van der Waals surface area contributed by atoms with Crippen LogP contribution in [0.4, 0.5) is 0 Å². The maximum Gasteiger partial charge on any atom is 0.262 e. The summed E-state index contributed by atoms with van der Waals surface area (Å²) in [5, 5.41) is 13.2. The smallest absolute Gasteiger partial charge is 0.262 e. The molecule has 0 amide bonds. The molecule has 0 radical (unpaired) electrons. The van der Waals surface area contributed by atoms with E-state index in [1.165, 1.54) is 11.3 Å². The van der Waals surface area contributed by atoms with Gasteiger partial charge in [-0.05, 0) is 31.2 Å². The monoisotopic (exact) mass is 275 g/mol. The first-order valence-corrected chi connectivity index (χ1v) is 7.37. The Bertz CT molecular complexity index is 772. The zero-order valence-electron chi connectivity index (χ0n) is 10.3. The zero-order chi connectivity index (χ0) is 13.0. The number of rotatable bonds is 0. The average Bonchev–Trinajstić information content (AvgIpc) is 3.02. The van der Waals surface area contributed by atoms with Crippen LogP contribution in [-0.2, 0) is 19.4 Å². The van der Waals surface area contributed by atoms with Gasteiger partial charge in [-0.15, -0.1) is 11.3 Å². The predicted octanol–water partition coefficient (Wildman–Crippen LogP) is 1.92. The fourth-order valence-electron chi connectivity index (χ4n) is 3.11. The maximum absolute atomic E-state index is 12.6. The van der Waals surface area contributed by atoms with E-state index in [-0.39, 0.29) is 5.56 Å². The third-order valence-electron chi connectivity index (χ3n) is 3.99. The van der Waals surface area contributed by atoms with Crippen molar-refractivity contribution in [2.75, 3.05) is 0 Å². The SMILES string of the molecule is O=c1c2c3c(sc2nc2n1CCC2)/C(=N\O)CCC3.